The van der Waals surface area contributed by atoms with Crippen molar-refractivity contribution in [3.63, 3.8) is 0 Å². The first-order valence-corrected chi connectivity index (χ1v) is 8.19. The van der Waals surface area contributed by atoms with Crippen molar-refractivity contribution >= 4 is 15.9 Å². The van der Waals surface area contributed by atoms with Crippen LogP contribution in [-0.2, 0) is 6.54 Å². The zero-order valence-corrected chi connectivity index (χ0v) is 14.0. The Kier molecular flexibility index (Phi) is 3.37. The van der Waals surface area contributed by atoms with Crippen molar-refractivity contribution in [3.05, 3.63) is 22.3 Å². The van der Waals surface area contributed by atoms with Crippen LogP contribution in [0.4, 0.5) is 0 Å². The first-order valence-electron chi connectivity index (χ1n) is 7.39. The Morgan fingerprint density at radius 2 is 2.20 bits per heavy atom. The van der Waals surface area contributed by atoms with Crippen molar-refractivity contribution in [1.82, 2.24) is 4.98 Å². The molecule has 4 heteroatoms. The second kappa shape index (κ2) is 4.70. The van der Waals surface area contributed by atoms with Crippen LogP contribution < -0.4 is 10.5 Å². The van der Waals surface area contributed by atoms with E-state index >= 15 is 0 Å². The summed E-state index contributed by atoms with van der Waals surface area (Å²) in [5.74, 6) is 1.49. The number of ether oxygens (including phenoxy) is 1. The van der Waals surface area contributed by atoms with Crippen molar-refractivity contribution in [2.75, 3.05) is 0 Å². The minimum atomic E-state index is 0.248. The van der Waals surface area contributed by atoms with Crippen LogP contribution >= 0.6 is 15.9 Å². The van der Waals surface area contributed by atoms with Gasteiger partial charge in [-0.15, -0.1) is 0 Å². The number of rotatable bonds is 3. The standard InChI is InChI=1S/C16H23BrN2O/c1-15(2)11-4-5-16(15,3)13(7-11)20-14-10(8-18)6-12(17)9-19-14/h6,9,11,13H,4-5,7-8,18H2,1-3H3. The van der Waals surface area contributed by atoms with E-state index in [9.17, 15) is 0 Å². The normalized spacial score (nSPS) is 34.5. The van der Waals surface area contributed by atoms with Crippen LogP contribution in [0.5, 0.6) is 5.88 Å². The van der Waals surface area contributed by atoms with Gasteiger partial charge in [0, 0.05) is 28.2 Å². The van der Waals surface area contributed by atoms with Crippen LogP contribution in [0.3, 0.4) is 0 Å². The Bertz CT molecular complexity index is 531. The molecule has 3 atom stereocenters. The fourth-order valence-electron chi connectivity index (χ4n) is 4.16. The van der Waals surface area contributed by atoms with Crippen molar-refractivity contribution in [2.24, 2.45) is 22.5 Å². The molecular weight excluding hydrogens is 316 g/mol. The molecule has 0 radical (unpaired) electrons. The number of hydrogen-bond acceptors (Lipinski definition) is 3. The number of hydrogen-bond donors (Lipinski definition) is 1. The minimum absolute atomic E-state index is 0.248. The molecule has 0 amide bonds. The molecule has 110 valence electrons. The van der Waals surface area contributed by atoms with Gasteiger partial charge in [0.25, 0.3) is 0 Å². The predicted molar refractivity (Wildman–Crippen MR) is 83.5 cm³/mol. The van der Waals surface area contributed by atoms with Crippen LogP contribution in [0.2, 0.25) is 0 Å². The SMILES string of the molecule is CC1(C)C2CCC1(C)C(Oc1ncc(Br)cc1CN)C2. The number of halogens is 1. The zero-order valence-electron chi connectivity index (χ0n) is 12.4. The molecule has 0 aromatic carbocycles. The maximum atomic E-state index is 6.31. The van der Waals surface area contributed by atoms with E-state index in [4.69, 9.17) is 10.5 Å². The highest BCUT2D eigenvalue weighted by Gasteiger charge is 2.62. The van der Waals surface area contributed by atoms with Crippen LogP contribution in [0, 0.1) is 16.7 Å². The van der Waals surface area contributed by atoms with E-state index < -0.39 is 0 Å². The lowest BCUT2D eigenvalue weighted by Crippen LogP contribution is -2.39. The van der Waals surface area contributed by atoms with E-state index in [2.05, 4.69) is 41.7 Å². The molecule has 1 aromatic heterocycles. The summed E-state index contributed by atoms with van der Waals surface area (Å²) < 4.78 is 7.26. The topological polar surface area (TPSA) is 48.1 Å². The van der Waals surface area contributed by atoms with Gasteiger partial charge in [0.2, 0.25) is 5.88 Å². The summed E-state index contributed by atoms with van der Waals surface area (Å²) >= 11 is 3.44. The van der Waals surface area contributed by atoms with Gasteiger partial charge in [-0.25, -0.2) is 4.98 Å². The zero-order chi connectivity index (χ0) is 14.5. The number of nitrogens with two attached hydrogens (primary N) is 1. The number of nitrogens with zero attached hydrogens (tertiary/aromatic N) is 1. The van der Waals surface area contributed by atoms with E-state index in [1.165, 1.54) is 12.8 Å². The number of pyridine rings is 1. The number of fused-ring (bicyclic) bond motifs is 2. The van der Waals surface area contributed by atoms with E-state index in [-0.39, 0.29) is 11.5 Å². The molecule has 1 heterocycles. The largest absolute Gasteiger partial charge is 0.474 e. The van der Waals surface area contributed by atoms with Gasteiger partial charge in [-0.3, -0.25) is 0 Å². The third kappa shape index (κ3) is 1.92. The van der Waals surface area contributed by atoms with E-state index in [1.54, 1.807) is 6.20 Å². The molecule has 2 N–H and O–H groups in total. The first kappa shape index (κ1) is 14.3. The van der Waals surface area contributed by atoms with Crippen LogP contribution in [0.15, 0.2) is 16.7 Å². The third-order valence-electron chi connectivity index (χ3n) is 6.08. The minimum Gasteiger partial charge on any atom is -0.474 e. The highest BCUT2D eigenvalue weighted by Crippen LogP contribution is 2.66. The lowest BCUT2D eigenvalue weighted by Gasteiger charge is -2.38. The summed E-state index contributed by atoms with van der Waals surface area (Å²) in [5, 5.41) is 0. The van der Waals surface area contributed by atoms with Gasteiger partial charge in [-0.2, -0.15) is 0 Å². The van der Waals surface area contributed by atoms with Gasteiger partial charge in [-0.1, -0.05) is 20.8 Å². The Morgan fingerprint density at radius 3 is 2.75 bits per heavy atom. The smallest absolute Gasteiger partial charge is 0.218 e. The third-order valence-corrected chi connectivity index (χ3v) is 6.51. The molecular formula is C16H23BrN2O. The van der Waals surface area contributed by atoms with E-state index in [1.807, 2.05) is 6.07 Å². The molecule has 2 aliphatic rings. The monoisotopic (exact) mass is 338 g/mol. The molecule has 0 saturated heterocycles. The van der Waals surface area contributed by atoms with Gasteiger partial charge < -0.3 is 10.5 Å². The quantitative estimate of drug-likeness (QED) is 0.909. The second-order valence-corrected chi connectivity index (χ2v) is 7.95. The summed E-state index contributed by atoms with van der Waals surface area (Å²) in [6.07, 6.45) is 5.78. The Morgan fingerprint density at radius 1 is 1.45 bits per heavy atom. The van der Waals surface area contributed by atoms with Crippen molar-refractivity contribution in [2.45, 2.75) is 52.7 Å². The number of aromatic nitrogens is 1. The highest BCUT2D eigenvalue weighted by molar-refractivity contribution is 9.10. The lowest BCUT2D eigenvalue weighted by atomic mass is 9.70. The maximum Gasteiger partial charge on any atom is 0.218 e. The molecule has 0 aliphatic heterocycles. The fraction of sp³-hybridized carbons (Fsp3) is 0.688. The molecule has 2 bridgehead atoms. The van der Waals surface area contributed by atoms with Gasteiger partial charge >= 0.3 is 0 Å². The molecule has 3 unspecified atom stereocenters. The van der Waals surface area contributed by atoms with Gasteiger partial charge in [-0.05, 0) is 52.6 Å². The average Bonchev–Trinajstić information content (AvgIpc) is 2.74. The predicted octanol–water partition coefficient (Wildman–Crippen LogP) is 3.90. The van der Waals surface area contributed by atoms with Crippen molar-refractivity contribution < 1.29 is 4.74 Å². The summed E-state index contributed by atoms with van der Waals surface area (Å²) in [6.45, 7) is 7.63. The average molecular weight is 339 g/mol. The summed E-state index contributed by atoms with van der Waals surface area (Å²) in [5.41, 5.74) is 7.40. The first-order chi connectivity index (χ1) is 9.38. The van der Waals surface area contributed by atoms with E-state index in [0.717, 1.165) is 22.4 Å². The summed E-state index contributed by atoms with van der Waals surface area (Å²) in [7, 11) is 0. The molecule has 0 spiro atoms. The van der Waals surface area contributed by atoms with Crippen LogP contribution in [-0.4, -0.2) is 11.1 Å². The second-order valence-electron chi connectivity index (χ2n) is 7.04. The summed E-state index contributed by atoms with van der Waals surface area (Å²) in [6, 6.07) is 2.00. The Labute approximate surface area is 129 Å². The van der Waals surface area contributed by atoms with Crippen LogP contribution in [0.25, 0.3) is 0 Å². The molecule has 2 aliphatic carbocycles. The molecule has 2 saturated carbocycles. The van der Waals surface area contributed by atoms with Gasteiger partial charge in [0.05, 0.1) is 0 Å². The Balaban J connectivity index is 1.87. The summed E-state index contributed by atoms with van der Waals surface area (Å²) in [4.78, 5) is 4.43. The fourth-order valence-corrected chi connectivity index (χ4v) is 4.54. The van der Waals surface area contributed by atoms with Gasteiger partial charge in [0.15, 0.2) is 0 Å². The van der Waals surface area contributed by atoms with Crippen LogP contribution in [0.1, 0.15) is 45.6 Å². The maximum absolute atomic E-state index is 6.31. The van der Waals surface area contributed by atoms with Crippen molar-refractivity contribution in [1.29, 1.82) is 0 Å². The van der Waals surface area contributed by atoms with Crippen molar-refractivity contribution in [3.8, 4) is 5.88 Å². The molecule has 3 rings (SSSR count). The lowest BCUT2D eigenvalue weighted by molar-refractivity contribution is 0.0266. The molecule has 2 fully saturated rings. The highest BCUT2D eigenvalue weighted by atomic mass is 79.9. The molecule has 1 aromatic rings. The van der Waals surface area contributed by atoms with Gasteiger partial charge in [0.1, 0.15) is 6.10 Å². The van der Waals surface area contributed by atoms with E-state index in [0.29, 0.717) is 17.8 Å². The molecule has 20 heavy (non-hydrogen) atoms. The molecule has 3 nitrogen and oxygen atoms in total. The Hall–Kier alpha value is -0.610.